The van der Waals surface area contributed by atoms with Gasteiger partial charge in [-0.2, -0.15) is 0 Å². The molecular weight excluding hydrogens is 244 g/mol. The van der Waals surface area contributed by atoms with Crippen LogP contribution in [0.4, 0.5) is 0 Å². The largest absolute Gasteiger partial charge is 0.462 e. The van der Waals surface area contributed by atoms with E-state index in [1.807, 2.05) is 19.1 Å². The molecule has 3 atom stereocenters. The summed E-state index contributed by atoms with van der Waals surface area (Å²) in [7, 11) is 0. The molecule has 1 aliphatic carbocycles. The predicted octanol–water partition coefficient (Wildman–Crippen LogP) is 2.25. The molecule has 4 heteroatoms. The number of hydrogen-bond acceptors (Lipinski definition) is 4. The van der Waals surface area contributed by atoms with Gasteiger partial charge in [-0.1, -0.05) is 32.4 Å². The lowest BCUT2D eigenvalue weighted by atomic mass is 9.95. The van der Waals surface area contributed by atoms with Gasteiger partial charge < -0.3 is 14.2 Å². The quantitative estimate of drug-likeness (QED) is 0.403. The molecular formula is C15H22O4. The van der Waals surface area contributed by atoms with E-state index in [2.05, 4.69) is 6.92 Å². The van der Waals surface area contributed by atoms with E-state index in [4.69, 9.17) is 14.2 Å². The number of hydrogen-bond donors (Lipinski definition) is 0. The molecule has 1 aliphatic heterocycles. The van der Waals surface area contributed by atoms with Crippen molar-refractivity contribution in [3.63, 3.8) is 0 Å². The van der Waals surface area contributed by atoms with Crippen LogP contribution in [0.15, 0.2) is 23.8 Å². The molecule has 0 aromatic carbocycles. The van der Waals surface area contributed by atoms with Crippen LogP contribution in [0.1, 0.15) is 26.7 Å². The Morgan fingerprint density at radius 2 is 2.32 bits per heavy atom. The fourth-order valence-electron chi connectivity index (χ4n) is 1.93. The van der Waals surface area contributed by atoms with Crippen LogP contribution in [-0.4, -0.2) is 38.0 Å². The highest BCUT2D eigenvalue weighted by Gasteiger charge is 2.26. The van der Waals surface area contributed by atoms with Crippen molar-refractivity contribution in [1.29, 1.82) is 0 Å². The van der Waals surface area contributed by atoms with Crippen molar-refractivity contribution in [2.24, 2.45) is 5.92 Å². The van der Waals surface area contributed by atoms with Crippen LogP contribution in [0.25, 0.3) is 0 Å². The highest BCUT2D eigenvalue weighted by Crippen LogP contribution is 2.22. The minimum Gasteiger partial charge on any atom is -0.462 e. The SMILES string of the molecule is CCCCOC(=O)C1=CC(C)C(OCC2CO2)C=C1. The number of carbonyl (C=O) groups is 1. The van der Waals surface area contributed by atoms with E-state index in [9.17, 15) is 4.79 Å². The Bertz CT molecular complexity index is 368. The van der Waals surface area contributed by atoms with Gasteiger partial charge in [0.2, 0.25) is 0 Å². The molecule has 4 nitrogen and oxygen atoms in total. The maximum Gasteiger partial charge on any atom is 0.337 e. The molecule has 0 N–H and O–H groups in total. The van der Waals surface area contributed by atoms with Gasteiger partial charge in [0.1, 0.15) is 6.10 Å². The molecule has 0 saturated carbocycles. The van der Waals surface area contributed by atoms with Gasteiger partial charge in [-0.05, 0) is 12.5 Å². The van der Waals surface area contributed by atoms with Gasteiger partial charge in [0.25, 0.3) is 0 Å². The topological polar surface area (TPSA) is 48.1 Å². The molecule has 0 aromatic heterocycles. The molecule has 3 unspecified atom stereocenters. The monoisotopic (exact) mass is 266 g/mol. The molecule has 0 bridgehead atoms. The minimum atomic E-state index is -0.236. The zero-order valence-electron chi connectivity index (χ0n) is 11.6. The highest BCUT2D eigenvalue weighted by molar-refractivity contribution is 5.91. The summed E-state index contributed by atoms with van der Waals surface area (Å²) in [5, 5.41) is 0. The third-order valence-corrected chi connectivity index (χ3v) is 3.27. The summed E-state index contributed by atoms with van der Waals surface area (Å²) in [5.41, 5.74) is 0.631. The van der Waals surface area contributed by atoms with Crippen LogP contribution in [0.2, 0.25) is 0 Å². The number of ether oxygens (including phenoxy) is 3. The fraction of sp³-hybridized carbons (Fsp3) is 0.667. The van der Waals surface area contributed by atoms with Crippen molar-refractivity contribution in [2.45, 2.75) is 38.9 Å². The predicted molar refractivity (Wildman–Crippen MR) is 71.7 cm³/mol. The molecule has 19 heavy (non-hydrogen) atoms. The Morgan fingerprint density at radius 3 is 2.95 bits per heavy atom. The van der Waals surface area contributed by atoms with Crippen LogP contribution in [-0.2, 0) is 19.0 Å². The fourth-order valence-corrected chi connectivity index (χ4v) is 1.93. The number of rotatable bonds is 7. The first kappa shape index (κ1) is 14.3. The maximum absolute atomic E-state index is 11.8. The lowest BCUT2D eigenvalue weighted by Gasteiger charge is -2.22. The molecule has 0 amide bonds. The van der Waals surface area contributed by atoms with Gasteiger partial charge in [0.05, 0.1) is 31.5 Å². The second-order valence-corrected chi connectivity index (χ2v) is 5.08. The second kappa shape index (κ2) is 6.87. The first-order valence-corrected chi connectivity index (χ1v) is 7.01. The number of esters is 1. The Hall–Kier alpha value is -1.13. The normalized spacial score (nSPS) is 28.9. The van der Waals surface area contributed by atoms with Gasteiger partial charge in [-0.25, -0.2) is 4.79 Å². The van der Waals surface area contributed by atoms with E-state index in [1.54, 1.807) is 6.08 Å². The molecule has 1 saturated heterocycles. The zero-order valence-corrected chi connectivity index (χ0v) is 11.6. The van der Waals surface area contributed by atoms with Crippen molar-refractivity contribution in [3.05, 3.63) is 23.8 Å². The van der Waals surface area contributed by atoms with Crippen LogP contribution < -0.4 is 0 Å². The minimum absolute atomic E-state index is 0.0244. The van der Waals surface area contributed by atoms with Crippen LogP contribution in [0, 0.1) is 5.92 Å². The molecule has 106 valence electrons. The molecule has 0 aromatic rings. The molecule has 2 aliphatic rings. The van der Waals surface area contributed by atoms with Crippen molar-refractivity contribution >= 4 is 5.97 Å². The first-order valence-electron chi connectivity index (χ1n) is 7.01. The Labute approximate surface area is 114 Å². The molecule has 1 heterocycles. The summed E-state index contributed by atoms with van der Waals surface area (Å²) in [6.45, 7) is 6.04. The third-order valence-electron chi connectivity index (χ3n) is 3.27. The summed E-state index contributed by atoms with van der Waals surface area (Å²) >= 11 is 0. The van der Waals surface area contributed by atoms with Gasteiger partial charge in [0, 0.05) is 5.92 Å². The summed E-state index contributed by atoms with van der Waals surface area (Å²) < 4.78 is 16.0. The zero-order chi connectivity index (χ0) is 13.7. The van der Waals surface area contributed by atoms with Crippen molar-refractivity contribution in [1.82, 2.24) is 0 Å². The Kier molecular flexibility index (Phi) is 5.16. The molecule has 2 rings (SSSR count). The second-order valence-electron chi connectivity index (χ2n) is 5.08. The molecule has 0 spiro atoms. The summed E-state index contributed by atoms with van der Waals surface area (Å²) in [6, 6.07) is 0. The molecule has 1 fully saturated rings. The Morgan fingerprint density at radius 1 is 1.53 bits per heavy atom. The van der Waals surface area contributed by atoms with E-state index in [0.29, 0.717) is 18.8 Å². The average Bonchev–Trinajstić information content (AvgIpc) is 3.21. The van der Waals surface area contributed by atoms with Crippen LogP contribution in [0.5, 0.6) is 0 Å². The van der Waals surface area contributed by atoms with E-state index < -0.39 is 0 Å². The van der Waals surface area contributed by atoms with E-state index >= 15 is 0 Å². The van der Waals surface area contributed by atoms with Gasteiger partial charge in [0.15, 0.2) is 0 Å². The maximum atomic E-state index is 11.8. The standard InChI is InChI=1S/C15H22O4/c1-3-4-7-17-15(16)12-5-6-14(11(2)8-12)19-10-13-9-18-13/h5-6,8,11,13-14H,3-4,7,9-10H2,1-2H3. The smallest absolute Gasteiger partial charge is 0.337 e. The number of carbonyl (C=O) groups excluding carboxylic acids is 1. The summed E-state index contributed by atoms with van der Waals surface area (Å²) in [6.07, 6.45) is 7.88. The third kappa shape index (κ3) is 4.48. The Balaban J connectivity index is 1.78. The van der Waals surface area contributed by atoms with Crippen molar-refractivity contribution in [2.75, 3.05) is 19.8 Å². The first-order chi connectivity index (χ1) is 9.20. The van der Waals surface area contributed by atoms with Gasteiger partial charge in [-0.15, -0.1) is 0 Å². The van der Waals surface area contributed by atoms with Crippen molar-refractivity contribution in [3.8, 4) is 0 Å². The van der Waals surface area contributed by atoms with Crippen molar-refractivity contribution < 1.29 is 19.0 Å². The van der Waals surface area contributed by atoms with Crippen LogP contribution in [0.3, 0.4) is 0 Å². The molecule has 0 radical (unpaired) electrons. The number of epoxide rings is 1. The van der Waals surface area contributed by atoms with Gasteiger partial charge in [-0.3, -0.25) is 0 Å². The highest BCUT2D eigenvalue weighted by atomic mass is 16.6. The van der Waals surface area contributed by atoms with Gasteiger partial charge >= 0.3 is 5.97 Å². The number of unbranched alkanes of at least 4 members (excludes halogenated alkanes) is 1. The lowest BCUT2D eigenvalue weighted by Crippen LogP contribution is -2.24. The average molecular weight is 266 g/mol. The summed E-state index contributed by atoms with van der Waals surface area (Å²) in [4.78, 5) is 11.8. The summed E-state index contributed by atoms with van der Waals surface area (Å²) in [5.74, 6) is -0.0574. The van der Waals surface area contributed by atoms with E-state index in [-0.39, 0.29) is 24.1 Å². The van der Waals surface area contributed by atoms with Crippen LogP contribution >= 0.6 is 0 Å². The lowest BCUT2D eigenvalue weighted by molar-refractivity contribution is -0.138. The van der Waals surface area contributed by atoms with E-state index in [1.165, 1.54) is 0 Å². The van der Waals surface area contributed by atoms with E-state index in [0.717, 1.165) is 19.4 Å².